The van der Waals surface area contributed by atoms with Crippen LogP contribution in [-0.2, 0) is 6.18 Å². The number of alkyl halides is 3. The standard InChI is InChI=1S/C11H12F3N3O2/c12-11(13,14)8-2-1-7(10(18)19)9(16-8)17-5-3-15-4-6-17/h1-2,15H,3-6H2,(H,18,19). The number of carbonyl (C=O) groups is 1. The highest BCUT2D eigenvalue weighted by atomic mass is 19.4. The van der Waals surface area contributed by atoms with E-state index in [-0.39, 0.29) is 11.4 Å². The van der Waals surface area contributed by atoms with E-state index in [4.69, 9.17) is 5.11 Å². The van der Waals surface area contributed by atoms with Crippen LogP contribution in [0.5, 0.6) is 0 Å². The molecule has 1 aliphatic rings. The van der Waals surface area contributed by atoms with Gasteiger partial charge in [0.05, 0.1) is 0 Å². The molecule has 5 nitrogen and oxygen atoms in total. The molecule has 1 aliphatic heterocycles. The quantitative estimate of drug-likeness (QED) is 0.849. The van der Waals surface area contributed by atoms with Gasteiger partial charge in [0.15, 0.2) is 0 Å². The van der Waals surface area contributed by atoms with Gasteiger partial charge in [0.2, 0.25) is 0 Å². The van der Waals surface area contributed by atoms with Gasteiger partial charge in [-0.15, -0.1) is 0 Å². The molecule has 1 saturated heterocycles. The Hall–Kier alpha value is -1.83. The van der Waals surface area contributed by atoms with Crippen LogP contribution >= 0.6 is 0 Å². The van der Waals surface area contributed by atoms with Crippen molar-refractivity contribution >= 4 is 11.8 Å². The van der Waals surface area contributed by atoms with Crippen LogP contribution in [-0.4, -0.2) is 42.2 Å². The summed E-state index contributed by atoms with van der Waals surface area (Å²) >= 11 is 0. The third-order valence-electron chi connectivity index (χ3n) is 2.81. The second-order valence-corrected chi connectivity index (χ2v) is 4.11. The van der Waals surface area contributed by atoms with Gasteiger partial charge in [-0.2, -0.15) is 13.2 Å². The maximum absolute atomic E-state index is 12.6. The van der Waals surface area contributed by atoms with Gasteiger partial charge in [0.1, 0.15) is 17.1 Å². The van der Waals surface area contributed by atoms with E-state index in [1.54, 1.807) is 4.90 Å². The molecule has 0 radical (unpaired) electrons. The molecule has 0 unspecified atom stereocenters. The molecule has 1 aromatic rings. The monoisotopic (exact) mass is 275 g/mol. The summed E-state index contributed by atoms with van der Waals surface area (Å²) in [6, 6.07) is 1.64. The van der Waals surface area contributed by atoms with E-state index in [1.807, 2.05) is 0 Å². The molecule has 1 aromatic heterocycles. The molecule has 0 amide bonds. The Morgan fingerprint density at radius 1 is 1.32 bits per heavy atom. The first kappa shape index (κ1) is 13.6. The number of rotatable bonds is 2. The first-order valence-corrected chi connectivity index (χ1v) is 5.67. The second-order valence-electron chi connectivity index (χ2n) is 4.11. The minimum Gasteiger partial charge on any atom is -0.478 e. The molecule has 8 heteroatoms. The molecule has 2 rings (SSSR count). The fourth-order valence-corrected chi connectivity index (χ4v) is 1.89. The van der Waals surface area contributed by atoms with Crippen molar-refractivity contribution in [2.45, 2.75) is 6.18 Å². The molecule has 104 valence electrons. The lowest BCUT2D eigenvalue weighted by Crippen LogP contribution is -2.44. The number of pyridine rings is 1. The number of aromatic carboxylic acids is 1. The summed E-state index contributed by atoms with van der Waals surface area (Å²) in [7, 11) is 0. The van der Waals surface area contributed by atoms with E-state index in [1.165, 1.54) is 0 Å². The summed E-state index contributed by atoms with van der Waals surface area (Å²) in [4.78, 5) is 16.1. The number of nitrogens with one attached hydrogen (secondary N) is 1. The summed E-state index contributed by atoms with van der Waals surface area (Å²) in [6.45, 7) is 2.01. The molecule has 2 heterocycles. The van der Waals surface area contributed by atoms with E-state index >= 15 is 0 Å². The number of carboxylic acid groups (broad SMARTS) is 1. The first-order valence-electron chi connectivity index (χ1n) is 5.67. The molecule has 2 N–H and O–H groups in total. The van der Waals surface area contributed by atoms with Gasteiger partial charge < -0.3 is 15.3 Å². The van der Waals surface area contributed by atoms with Gasteiger partial charge in [-0.3, -0.25) is 0 Å². The predicted molar refractivity (Wildman–Crippen MR) is 61.3 cm³/mol. The van der Waals surface area contributed by atoms with Crippen LogP contribution in [0.25, 0.3) is 0 Å². The summed E-state index contributed by atoms with van der Waals surface area (Å²) in [5, 5.41) is 12.1. The maximum atomic E-state index is 12.6. The summed E-state index contributed by atoms with van der Waals surface area (Å²) in [5.74, 6) is -1.40. The van der Waals surface area contributed by atoms with Crippen molar-refractivity contribution in [1.82, 2.24) is 10.3 Å². The zero-order valence-electron chi connectivity index (χ0n) is 9.87. The fraction of sp³-hybridized carbons (Fsp3) is 0.455. The average Bonchev–Trinajstić information content (AvgIpc) is 2.38. The topological polar surface area (TPSA) is 65.5 Å². The SMILES string of the molecule is O=C(O)c1ccc(C(F)(F)F)nc1N1CCNCC1. The van der Waals surface area contributed by atoms with Crippen LogP contribution in [0.4, 0.5) is 19.0 Å². The highest BCUT2D eigenvalue weighted by Gasteiger charge is 2.34. The number of anilines is 1. The second kappa shape index (κ2) is 5.04. The van der Waals surface area contributed by atoms with E-state index in [0.717, 1.165) is 6.07 Å². The fourth-order valence-electron chi connectivity index (χ4n) is 1.89. The zero-order chi connectivity index (χ0) is 14.0. The zero-order valence-corrected chi connectivity index (χ0v) is 9.87. The number of nitrogens with zero attached hydrogens (tertiary/aromatic N) is 2. The molecular weight excluding hydrogens is 263 g/mol. The van der Waals surface area contributed by atoms with Crippen LogP contribution in [0.2, 0.25) is 0 Å². The Kier molecular flexibility index (Phi) is 3.61. The van der Waals surface area contributed by atoms with E-state index in [0.29, 0.717) is 32.2 Å². The van der Waals surface area contributed by atoms with Crippen molar-refractivity contribution in [3.63, 3.8) is 0 Å². The summed E-state index contributed by atoms with van der Waals surface area (Å²) in [6.07, 6.45) is -4.58. The number of aromatic nitrogens is 1. The predicted octanol–water partition coefficient (Wildman–Crippen LogP) is 1.21. The van der Waals surface area contributed by atoms with Crippen molar-refractivity contribution in [3.05, 3.63) is 23.4 Å². The van der Waals surface area contributed by atoms with E-state index < -0.39 is 17.8 Å². The highest BCUT2D eigenvalue weighted by molar-refractivity contribution is 5.93. The lowest BCUT2D eigenvalue weighted by Gasteiger charge is -2.29. The van der Waals surface area contributed by atoms with Crippen molar-refractivity contribution in [2.75, 3.05) is 31.1 Å². The van der Waals surface area contributed by atoms with Gasteiger partial charge in [-0.25, -0.2) is 9.78 Å². The molecule has 0 aliphatic carbocycles. The Labute approximate surface area is 107 Å². The maximum Gasteiger partial charge on any atom is 0.433 e. The first-order chi connectivity index (χ1) is 8.89. The summed E-state index contributed by atoms with van der Waals surface area (Å²) in [5.41, 5.74) is -1.29. The molecule has 0 saturated carbocycles. The number of hydrogen-bond donors (Lipinski definition) is 2. The molecule has 0 bridgehead atoms. The van der Waals surface area contributed by atoms with Gasteiger partial charge >= 0.3 is 12.1 Å². The third kappa shape index (κ3) is 2.95. The van der Waals surface area contributed by atoms with Crippen molar-refractivity contribution in [1.29, 1.82) is 0 Å². The number of halogens is 3. The van der Waals surface area contributed by atoms with Gasteiger partial charge in [0.25, 0.3) is 0 Å². The lowest BCUT2D eigenvalue weighted by atomic mass is 10.2. The Balaban J connectivity index is 2.44. The van der Waals surface area contributed by atoms with E-state index in [9.17, 15) is 18.0 Å². The van der Waals surface area contributed by atoms with Gasteiger partial charge in [-0.05, 0) is 12.1 Å². The Morgan fingerprint density at radius 3 is 2.47 bits per heavy atom. The van der Waals surface area contributed by atoms with Crippen LogP contribution in [0, 0.1) is 0 Å². The molecule has 0 aromatic carbocycles. The summed E-state index contributed by atoms with van der Waals surface area (Å²) < 4.78 is 37.9. The largest absolute Gasteiger partial charge is 0.478 e. The minimum atomic E-state index is -4.58. The van der Waals surface area contributed by atoms with E-state index in [2.05, 4.69) is 10.3 Å². The molecule has 0 atom stereocenters. The number of piperazine rings is 1. The smallest absolute Gasteiger partial charge is 0.433 e. The van der Waals surface area contributed by atoms with Crippen LogP contribution < -0.4 is 10.2 Å². The molecular formula is C11H12F3N3O2. The Bertz CT molecular complexity index is 485. The Morgan fingerprint density at radius 2 is 1.95 bits per heavy atom. The van der Waals surface area contributed by atoms with Gasteiger partial charge in [0, 0.05) is 26.2 Å². The molecule has 1 fully saturated rings. The third-order valence-corrected chi connectivity index (χ3v) is 2.81. The highest BCUT2D eigenvalue weighted by Crippen LogP contribution is 2.30. The minimum absolute atomic E-state index is 0.121. The molecule has 0 spiro atoms. The van der Waals surface area contributed by atoms with Crippen LogP contribution in [0.3, 0.4) is 0 Å². The number of hydrogen-bond acceptors (Lipinski definition) is 4. The average molecular weight is 275 g/mol. The van der Waals surface area contributed by atoms with Crippen molar-refractivity contribution < 1.29 is 23.1 Å². The lowest BCUT2D eigenvalue weighted by molar-refractivity contribution is -0.141. The normalized spacial score (nSPS) is 16.5. The number of carboxylic acids is 1. The van der Waals surface area contributed by atoms with Crippen molar-refractivity contribution in [2.24, 2.45) is 0 Å². The van der Waals surface area contributed by atoms with Crippen molar-refractivity contribution in [3.8, 4) is 0 Å². The van der Waals surface area contributed by atoms with Crippen LogP contribution in [0.15, 0.2) is 12.1 Å². The van der Waals surface area contributed by atoms with Gasteiger partial charge in [-0.1, -0.05) is 0 Å². The van der Waals surface area contributed by atoms with Crippen LogP contribution in [0.1, 0.15) is 16.1 Å². The molecule has 19 heavy (non-hydrogen) atoms.